The number of rotatable bonds is 12. The lowest BCUT2D eigenvalue weighted by molar-refractivity contribution is 0.0147. The third kappa shape index (κ3) is 6.07. The van der Waals surface area contributed by atoms with Crippen LogP contribution < -0.4 is 0 Å². The van der Waals surface area contributed by atoms with Gasteiger partial charge in [0.15, 0.2) is 0 Å². The average Bonchev–Trinajstić information content (AvgIpc) is 3.01. The smallest absolute Gasteiger partial charge is 0.0156 e. The molecule has 0 aromatic rings. The van der Waals surface area contributed by atoms with Gasteiger partial charge in [-0.05, 0) is 57.9 Å². The van der Waals surface area contributed by atoms with Gasteiger partial charge in [0.2, 0.25) is 0 Å². The second-order valence-corrected chi connectivity index (χ2v) is 8.98. The highest BCUT2D eigenvalue weighted by atomic mass is 15.2. The zero-order chi connectivity index (χ0) is 17.3. The van der Waals surface area contributed by atoms with Crippen molar-refractivity contribution in [3.05, 3.63) is 0 Å². The van der Waals surface area contributed by atoms with E-state index in [9.17, 15) is 0 Å². The van der Waals surface area contributed by atoms with E-state index in [4.69, 9.17) is 0 Å². The summed E-state index contributed by atoms with van der Waals surface area (Å²) in [6.07, 6.45) is 16.7. The molecular formula is C22H45N. The normalized spacial score (nSPS) is 22.4. The SMILES string of the molecule is CCCCCCC(C)(C)N1CCCC1C(C)(CCC)CCCC. The van der Waals surface area contributed by atoms with E-state index in [2.05, 4.69) is 46.4 Å². The molecule has 0 aromatic carbocycles. The van der Waals surface area contributed by atoms with Crippen LogP contribution in [0.5, 0.6) is 0 Å². The van der Waals surface area contributed by atoms with E-state index >= 15 is 0 Å². The van der Waals surface area contributed by atoms with Crippen molar-refractivity contribution in [2.24, 2.45) is 5.41 Å². The molecule has 1 aliphatic heterocycles. The molecular weight excluding hydrogens is 278 g/mol. The van der Waals surface area contributed by atoms with Gasteiger partial charge in [-0.2, -0.15) is 0 Å². The molecule has 1 heteroatoms. The predicted octanol–water partition coefficient (Wildman–Crippen LogP) is 7.20. The summed E-state index contributed by atoms with van der Waals surface area (Å²) in [6, 6.07) is 0.815. The highest BCUT2D eigenvalue weighted by molar-refractivity contribution is 4.98. The molecule has 1 rings (SSSR count). The summed E-state index contributed by atoms with van der Waals surface area (Å²) in [5, 5.41) is 0. The molecule has 0 amide bonds. The van der Waals surface area contributed by atoms with Crippen molar-refractivity contribution in [1.29, 1.82) is 0 Å². The lowest BCUT2D eigenvalue weighted by atomic mass is 9.72. The standard InChI is InChI=1S/C22H45N/c1-7-10-12-13-17-21(4,5)23-19-14-15-20(23)22(6,16-9-3)18-11-8-2/h20H,7-19H2,1-6H3. The molecule has 2 unspecified atom stereocenters. The quantitative estimate of drug-likeness (QED) is 0.343. The maximum absolute atomic E-state index is 2.92. The third-order valence-corrected chi connectivity index (χ3v) is 6.40. The predicted molar refractivity (Wildman–Crippen MR) is 105 cm³/mol. The van der Waals surface area contributed by atoms with Crippen LogP contribution in [-0.4, -0.2) is 23.0 Å². The molecule has 138 valence electrons. The number of nitrogens with zero attached hydrogens (tertiary/aromatic N) is 1. The fourth-order valence-corrected chi connectivity index (χ4v) is 4.95. The van der Waals surface area contributed by atoms with Gasteiger partial charge >= 0.3 is 0 Å². The molecule has 0 aliphatic carbocycles. The summed E-state index contributed by atoms with van der Waals surface area (Å²) in [6.45, 7) is 16.0. The summed E-state index contributed by atoms with van der Waals surface area (Å²) < 4.78 is 0. The van der Waals surface area contributed by atoms with Crippen molar-refractivity contribution in [3.8, 4) is 0 Å². The minimum atomic E-state index is 0.385. The molecule has 0 N–H and O–H groups in total. The summed E-state index contributed by atoms with van der Waals surface area (Å²) in [5.74, 6) is 0. The molecule has 0 bridgehead atoms. The van der Waals surface area contributed by atoms with Gasteiger partial charge in [-0.25, -0.2) is 0 Å². The zero-order valence-electron chi connectivity index (χ0n) is 17.2. The Bertz CT molecular complexity index is 309. The van der Waals surface area contributed by atoms with Crippen molar-refractivity contribution in [3.63, 3.8) is 0 Å². The molecule has 23 heavy (non-hydrogen) atoms. The van der Waals surface area contributed by atoms with Crippen molar-refractivity contribution in [1.82, 2.24) is 4.90 Å². The Hall–Kier alpha value is -0.0400. The third-order valence-electron chi connectivity index (χ3n) is 6.40. The maximum atomic E-state index is 2.92. The first-order valence-electron chi connectivity index (χ1n) is 10.7. The lowest BCUT2D eigenvalue weighted by Crippen LogP contribution is -2.52. The number of hydrogen-bond acceptors (Lipinski definition) is 1. The second-order valence-electron chi connectivity index (χ2n) is 8.98. The van der Waals surface area contributed by atoms with Crippen molar-refractivity contribution in [2.45, 2.75) is 130 Å². The first-order chi connectivity index (χ1) is 10.9. The summed E-state index contributed by atoms with van der Waals surface area (Å²) in [7, 11) is 0. The van der Waals surface area contributed by atoms with Crippen LogP contribution in [0.25, 0.3) is 0 Å². The topological polar surface area (TPSA) is 3.24 Å². The van der Waals surface area contributed by atoms with E-state index in [0.717, 1.165) is 6.04 Å². The van der Waals surface area contributed by atoms with Gasteiger partial charge in [0.25, 0.3) is 0 Å². The van der Waals surface area contributed by atoms with E-state index in [-0.39, 0.29) is 0 Å². The monoisotopic (exact) mass is 323 g/mol. The fraction of sp³-hybridized carbons (Fsp3) is 1.00. The molecule has 1 fully saturated rings. The van der Waals surface area contributed by atoms with Crippen LogP contribution in [0, 0.1) is 5.41 Å². The number of likely N-dealkylation sites (tertiary alicyclic amines) is 1. The van der Waals surface area contributed by atoms with E-state index < -0.39 is 0 Å². The van der Waals surface area contributed by atoms with Crippen LogP contribution >= 0.6 is 0 Å². The Morgan fingerprint density at radius 2 is 1.48 bits per heavy atom. The molecule has 1 aliphatic rings. The Balaban J connectivity index is 2.75. The van der Waals surface area contributed by atoms with Crippen LogP contribution in [0.4, 0.5) is 0 Å². The number of hydrogen-bond donors (Lipinski definition) is 0. The van der Waals surface area contributed by atoms with Crippen LogP contribution in [0.1, 0.15) is 119 Å². The van der Waals surface area contributed by atoms with E-state index in [1.165, 1.54) is 83.6 Å². The molecule has 0 saturated carbocycles. The highest BCUT2D eigenvalue weighted by Gasteiger charge is 2.44. The highest BCUT2D eigenvalue weighted by Crippen LogP contribution is 2.44. The van der Waals surface area contributed by atoms with Gasteiger partial charge < -0.3 is 0 Å². The zero-order valence-corrected chi connectivity index (χ0v) is 17.2. The van der Waals surface area contributed by atoms with Gasteiger partial charge in [0, 0.05) is 11.6 Å². The molecule has 2 atom stereocenters. The molecule has 1 heterocycles. The van der Waals surface area contributed by atoms with Crippen LogP contribution in [0.15, 0.2) is 0 Å². The van der Waals surface area contributed by atoms with Crippen molar-refractivity contribution >= 4 is 0 Å². The Morgan fingerprint density at radius 1 is 0.783 bits per heavy atom. The molecule has 0 spiro atoms. The number of unbranched alkanes of at least 4 members (excludes halogenated alkanes) is 4. The van der Waals surface area contributed by atoms with Crippen molar-refractivity contribution < 1.29 is 0 Å². The Kier molecular flexibility index (Phi) is 9.19. The maximum Gasteiger partial charge on any atom is 0.0156 e. The van der Waals surface area contributed by atoms with Crippen LogP contribution in [-0.2, 0) is 0 Å². The molecule has 1 nitrogen and oxygen atoms in total. The van der Waals surface area contributed by atoms with Gasteiger partial charge in [0.1, 0.15) is 0 Å². The molecule has 0 aromatic heterocycles. The van der Waals surface area contributed by atoms with E-state index in [1.807, 2.05) is 0 Å². The Labute approximate surface area is 147 Å². The molecule has 0 radical (unpaired) electrons. The summed E-state index contributed by atoms with van der Waals surface area (Å²) in [4.78, 5) is 2.92. The van der Waals surface area contributed by atoms with E-state index in [0.29, 0.717) is 11.0 Å². The first-order valence-corrected chi connectivity index (χ1v) is 10.7. The molecule has 1 saturated heterocycles. The average molecular weight is 324 g/mol. The summed E-state index contributed by atoms with van der Waals surface area (Å²) in [5.41, 5.74) is 0.915. The Morgan fingerprint density at radius 3 is 2.09 bits per heavy atom. The van der Waals surface area contributed by atoms with Gasteiger partial charge in [0.05, 0.1) is 0 Å². The summed E-state index contributed by atoms with van der Waals surface area (Å²) >= 11 is 0. The first kappa shape index (κ1) is 21.0. The minimum absolute atomic E-state index is 0.385. The largest absolute Gasteiger partial charge is 0.295 e. The van der Waals surface area contributed by atoms with Gasteiger partial charge in [-0.3, -0.25) is 4.90 Å². The van der Waals surface area contributed by atoms with Gasteiger partial charge in [-0.1, -0.05) is 72.6 Å². The lowest BCUT2D eigenvalue weighted by Gasteiger charge is -2.48. The van der Waals surface area contributed by atoms with Gasteiger partial charge in [-0.15, -0.1) is 0 Å². The fourth-order valence-electron chi connectivity index (χ4n) is 4.95. The van der Waals surface area contributed by atoms with E-state index in [1.54, 1.807) is 0 Å². The second kappa shape index (κ2) is 10.1. The minimum Gasteiger partial charge on any atom is -0.295 e. The van der Waals surface area contributed by atoms with Crippen molar-refractivity contribution in [2.75, 3.05) is 6.54 Å². The van der Waals surface area contributed by atoms with Crippen LogP contribution in [0.2, 0.25) is 0 Å². The van der Waals surface area contributed by atoms with Crippen LogP contribution in [0.3, 0.4) is 0 Å².